The first-order valence-electron chi connectivity index (χ1n) is 7.97. The lowest BCUT2D eigenvalue weighted by atomic mass is 10.1. The largest absolute Gasteiger partial charge is 0.497 e. The Morgan fingerprint density at radius 2 is 1.71 bits per heavy atom. The topological polar surface area (TPSA) is 83.6 Å². The Balaban J connectivity index is 2.46. The Kier molecular flexibility index (Phi) is 4.76. The number of halogens is 3. The number of nitrogens with two attached hydrogens (primary N) is 1. The molecule has 6 nitrogen and oxygen atoms in total. The fraction of sp³-hybridized carbons (Fsp3) is 0.158. The molecule has 0 aliphatic rings. The van der Waals surface area contributed by atoms with Gasteiger partial charge in [0, 0.05) is 11.1 Å². The van der Waals surface area contributed by atoms with Gasteiger partial charge in [0.1, 0.15) is 11.3 Å². The van der Waals surface area contributed by atoms with Crippen molar-refractivity contribution in [1.29, 1.82) is 0 Å². The van der Waals surface area contributed by atoms with Crippen LogP contribution >= 0.6 is 0 Å². The zero-order chi connectivity index (χ0) is 20.6. The fourth-order valence-electron chi connectivity index (χ4n) is 2.88. The highest BCUT2D eigenvalue weighted by Crippen LogP contribution is 2.34. The van der Waals surface area contributed by atoms with E-state index in [4.69, 9.17) is 10.5 Å². The van der Waals surface area contributed by atoms with Crippen LogP contribution in [0.2, 0.25) is 0 Å². The highest BCUT2D eigenvalue weighted by Gasteiger charge is 2.32. The molecular formula is C19H15F3N2O4. The first-order chi connectivity index (χ1) is 13.2. The first kappa shape index (κ1) is 19.3. The number of carbonyl (C=O) groups is 1. The number of pyridine rings is 1. The van der Waals surface area contributed by atoms with Crippen LogP contribution in [-0.2, 0) is 10.9 Å². The third kappa shape index (κ3) is 3.15. The lowest BCUT2D eigenvalue weighted by Crippen LogP contribution is -2.28. The molecule has 1 heterocycles. The van der Waals surface area contributed by atoms with Crippen LogP contribution in [0.3, 0.4) is 0 Å². The Hall–Kier alpha value is -3.49. The molecule has 0 saturated heterocycles. The van der Waals surface area contributed by atoms with Crippen LogP contribution in [-0.4, -0.2) is 24.8 Å². The molecular weight excluding hydrogens is 377 g/mol. The summed E-state index contributed by atoms with van der Waals surface area (Å²) >= 11 is 0. The standard InChI is InChI=1S/C19H15F3N2O4/c1-27-12-6-4-11(5-7-12)24-14-9-10(19(20,21)22)3-8-13(14)16(23)15(17(24)25)18(26)28-2/h3-9H,23H2,1-2H3. The van der Waals surface area contributed by atoms with Crippen molar-refractivity contribution < 1.29 is 27.4 Å². The lowest BCUT2D eigenvalue weighted by Gasteiger charge is -2.17. The number of esters is 1. The van der Waals surface area contributed by atoms with Crippen LogP contribution < -0.4 is 16.0 Å². The van der Waals surface area contributed by atoms with Crippen LogP contribution in [0.1, 0.15) is 15.9 Å². The van der Waals surface area contributed by atoms with Gasteiger partial charge in [0.15, 0.2) is 0 Å². The van der Waals surface area contributed by atoms with Gasteiger partial charge in [0.05, 0.1) is 31.0 Å². The summed E-state index contributed by atoms with van der Waals surface area (Å²) in [5, 5.41) is 0.115. The highest BCUT2D eigenvalue weighted by atomic mass is 19.4. The van der Waals surface area contributed by atoms with E-state index in [-0.39, 0.29) is 22.3 Å². The van der Waals surface area contributed by atoms with Crippen LogP contribution in [0.25, 0.3) is 16.6 Å². The quantitative estimate of drug-likeness (QED) is 0.691. The summed E-state index contributed by atoms with van der Waals surface area (Å²) in [6.45, 7) is 0. The highest BCUT2D eigenvalue weighted by molar-refractivity contribution is 6.04. The molecule has 0 radical (unpaired) electrons. The third-order valence-corrected chi connectivity index (χ3v) is 4.26. The minimum absolute atomic E-state index is 0.0878. The Bertz CT molecular complexity index is 1120. The molecule has 0 bridgehead atoms. The van der Waals surface area contributed by atoms with Crippen molar-refractivity contribution in [3.63, 3.8) is 0 Å². The van der Waals surface area contributed by atoms with Crippen molar-refractivity contribution in [2.45, 2.75) is 6.18 Å². The maximum absolute atomic E-state index is 13.2. The van der Waals surface area contributed by atoms with Gasteiger partial charge in [0.2, 0.25) is 0 Å². The van der Waals surface area contributed by atoms with Crippen molar-refractivity contribution in [2.24, 2.45) is 0 Å². The van der Waals surface area contributed by atoms with E-state index in [0.29, 0.717) is 5.75 Å². The smallest absolute Gasteiger partial charge is 0.416 e. The molecule has 0 spiro atoms. The summed E-state index contributed by atoms with van der Waals surface area (Å²) in [6.07, 6.45) is -4.62. The Morgan fingerprint density at radius 3 is 2.25 bits per heavy atom. The van der Waals surface area contributed by atoms with Crippen molar-refractivity contribution >= 4 is 22.6 Å². The molecule has 0 saturated carbocycles. The van der Waals surface area contributed by atoms with Crippen molar-refractivity contribution in [2.75, 3.05) is 20.0 Å². The predicted octanol–water partition coefficient (Wildman–Crippen LogP) is 3.39. The molecule has 0 unspecified atom stereocenters. The number of ether oxygens (including phenoxy) is 2. The summed E-state index contributed by atoms with van der Waals surface area (Å²) in [6, 6.07) is 8.82. The number of fused-ring (bicyclic) bond motifs is 1. The van der Waals surface area contributed by atoms with Crippen LogP contribution in [0.4, 0.5) is 18.9 Å². The molecule has 0 amide bonds. The van der Waals surface area contributed by atoms with Crippen molar-refractivity contribution in [3.8, 4) is 11.4 Å². The molecule has 0 aliphatic heterocycles. The average molecular weight is 392 g/mol. The summed E-state index contributed by atoms with van der Waals surface area (Å²) in [7, 11) is 2.53. The number of rotatable bonds is 3. The van der Waals surface area contributed by atoms with Gasteiger partial charge in [-0.2, -0.15) is 13.2 Å². The van der Waals surface area contributed by atoms with Gasteiger partial charge >= 0.3 is 12.1 Å². The van der Waals surface area contributed by atoms with Gasteiger partial charge in [-0.15, -0.1) is 0 Å². The summed E-state index contributed by atoms with van der Waals surface area (Å²) in [4.78, 5) is 25.1. The second-order valence-electron chi connectivity index (χ2n) is 5.85. The zero-order valence-electron chi connectivity index (χ0n) is 14.8. The van der Waals surface area contributed by atoms with Gasteiger partial charge in [0.25, 0.3) is 5.56 Å². The second-order valence-corrected chi connectivity index (χ2v) is 5.85. The fourth-order valence-corrected chi connectivity index (χ4v) is 2.88. The number of hydrogen-bond donors (Lipinski definition) is 1. The van der Waals surface area contributed by atoms with Gasteiger partial charge in [-0.1, -0.05) is 6.07 Å². The Morgan fingerprint density at radius 1 is 1.07 bits per heavy atom. The molecule has 3 aromatic rings. The number of carbonyl (C=O) groups excluding carboxylic acids is 1. The molecule has 0 fully saturated rings. The minimum Gasteiger partial charge on any atom is -0.497 e. The molecule has 0 aliphatic carbocycles. The molecule has 2 aromatic carbocycles. The van der Waals surface area contributed by atoms with Crippen LogP contribution in [0.5, 0.6) is 5.75 Å². The zero-order valence-corrected chi connectivity index (χ0v) is 14.8. The number of nitrogen functional groups attached to an aromatic ring is 1. The lowest BCUT2D eigenvalue weighted by molar-refractivity contribution is -0.137. The van der Waals surface area contributed by atoms with Crippen molar-refractivity contribution in [1.82, 2.24) is 4.57 Å². The van der Waals surface area contributed by atoms with Gasteiger partial charge in [-0.05, 0) is 36.4 Å². The number of alkyl halides is 3. The molecule has 0 atom stereocenters. The number of anilines is 1. The molecule has 9 heteroatoms. The van der Waals surface area contributed by atoms with E-state index in [2.05, 4.69) is 4.74 Å². The normalized spacial score (nSPS) is 11.5. The molecule has 2 N–H and O–H groups in total. The van der Waals surface area contributed by atoms with E-state index in [9.17, 15) is 22.8 Å². The first-order valence-corrected chi connectivity index (χ1v) is 7.97. The van der Waals surface area contributed by atoms with E-state index >= 15 is 0 Å². The van der Waals surface area contributed by atoms with E-state index in [1.165, 1.54) is 31.4 Å². The van der Waals surface area contributed by atoms with Gasteiger partial charge in [-0.3, -0.25) is 9.36 Å². The summed E-state index contributed by atoms with van der Waals surface area (Å²) in [5.74, 6) is -0.493. The van der Waals surface area contributed by atoms with Crippen molar-refractivity contribution in [3.05, 3.63) is 63.9 Å². The number of benzene rings is 2. The monoisotopic (exact) mass is 392 g/mol. The summed E-state index contributed by atoms with van der Waals surface area (Å²) in [5.41, 5.74) is 3.54. The van der Waals surface area contributed by atoms with Crippen LogP contribution in [0, 0.1) is 0 Å². The Labute approximate surface area is 156 Å². The number of nitrogens with zero attached hydrogens (tertiary/aromatic N) is 1. The average Bonchev–Trinajstić information content (AvgIpc) is 2.67. The van der Waals surface area contributed by atoms with Gasteiger partial charge < -0.3 is 15.2 Å². The minimum atomic E-state index is -4.62. The molecule has 146 valence electrons. The third-order valence-electron chi connectivity index (χ3n) is 4.26. The maximum atomic E-state index is 13.2. The number of aromatic nitrogens is 1. The maximum Gasteiger partial charge on any atom is 0.416 e. The number of hydrogen-bond acceptors (Lipinski definition) is 5. The van der Waals surface area contributed by atoms with Gasteiger partial charge in [-0.25, -0.2) is 4.79 Å². The van der Waals surface area contributed by atoms with E-state index in [0.717, 1.165) is 29.9 Å². The van der Waals surface area contributed by atoms with E-state index in [1.54, 1.807) is 0 Å². The SMILES string of the molecule is COC(=O)c1c(N)c2ccc(C(F)(F)F)cc2n(-c2ccc(OC)cc2)c1=O. The predicted molar refractivity (Wildman–Crippen MR) is 96.9 cm³/mol. The van der Waals surface area contributed by atoms with E-state index < -0.39 is 28.8 Å². The molecule has 28 heavy (non-hydrogen) atoms. The molecule has 3 rings (SSSR count). The van der Waals surface area contributed by atoms with Crippen LogP contribution in [0.15, 0.2) is 47.3 Å². The van der Waals surface area contributed by atoms with E-state index in [1.807, 2.05) is 0 Å². The number of methoxy groups -OCH3 is 2. The second kappa shape index (κ2) is 6.91. The summed E-state index contributed by atoms with van der Waals surface area (Å²) < 4.78 is 50.3. The molecule has 1 aromatic heterocycles.